The Bertz CT molecular complexity index is 1220. The van der Waals surface area contributed by atoms with E-state index in [9.17, 15) is 5.26 Å². The van der Waals surface area contributed by atoms with Crippen molar-refractivity contribution in [3.8, 4) is 28.7 Å². The summed E-state index contributed by atoms with van der Waals surface area (Å²) in [4.78, 5) is 13.1. The fraction of sp³-hybridized carbons (Fsp3) is 0.0526. The molecule has 3 heterocycles. The van der Waals surface area contributed by atoms with Crippen LogP contribution in [0.2, 0.25) is 5.02 Å². The summed E-state index contributed by atoms with van der Waals surface area (Å²) in [5.74, 6) is 0.0339. The van der Waals surface area contributed by atoms with Crippen LogP contribution in [0.5, 0.6) is 0 Å². The Morgan fingerprint density at radius 1 is 1.11 bits per heavy atom. The van der Waals surface area contributed by atoms with Gasteiger partial charge in [0.05, 0.1) is 10.5 Å². The first kappa shape index (κ1) is 16.8. The van der Waals surface area contributed by atoms with Gasteiger partial charge in [0.15, 0.2) is 11.5 Å². The second kappa shape index (κ2) is 6.59. The van der Waals surface area contributed by atoms with E-state index in [1.54, 1.807) is 30.6 Å². The van der Waals surface area contributed by atoms with Crippen molar-refractivity contribution in [1.29, 1.82) is 5.26 Å². The highest BCUT2D eigenvalue weighted by atomic mass is 35.5. The van der Waals surface area contributed by atoms with Gasteiger partial charge < -0.3 is 5.73 Å². The topological polar surface area (TPSA) is 114 Å². The molecule has 0 radical (unpaired) electrons. The number of hydrogen-bond acceptors (Lipinski definition) is 7. The lowest BCUT2D eigenvalue weighted by Gasteiger charge is -2.11. The van der Waals surface area contributed by atoms with E-state index in [0.29, 0.717) is 33.2 Å². The van der Waals surface area contributed by atoms with E-state index in [1.807, 2.05) is 25.1 Å². The standard InChI is InChI=1S/C19H12ClN7/c1-10-4-6-23-17-12(10)7-11(8-13(17)20)16-18(14-3-2-5-24-27-14)26-19(22)15(9-21)25-16/h2-8H,1H3,(H2,22,26). The summed E-state index contributed by atoms with van der Waals surface area (Å²) in [6, 6.07) is 11.0. The molecule has 0 aliphatic carbocycles. The van der Waals surface area contributed by atoms with Crippen molar-refractivity contribution < 1.29 is 0 Å². The Labute approximate surface area is 159 Å². The Kier molecular flexibility index (Phi) is 4.11. The van der Waals surface area contributed by atoms with Crippen molar-refractivity contribution in [2.24, 2.45) is 0 Å². The molecule has 2 N–H and O–H groups in total. The molecule has 0 bridgehead atoms. The van der Waals surface area contributed by atoms with Crippen LogP contribution in [0.1, 0.15) is 11.3 Å². The van der Waals surface area contributed by atoms with E-state index in [0.717, 1.165) is 10.9 Å². The average Bonchev–Trinajstić information content (AvgIpc) is 2.69. The SMILES string of the molecule is Cc1ccnc2c(Cl)cc(-c3nc(C#N)c(N)nc3-c3cccnn3)cc12. The van der Waals surface area contributed by atoms with Gasteiger partial charge >= 0.3 is 0 Å². The molecule has 0 aliphatic heterocycles. The van der Waals surface area contributed by atoms with E-state index < -0.39 is 0 Å². The first-order valence-electron chi connectivity index (χ1n) is 7.99. The molecular weight excluding hydrogens is 362 g/mol. The summed E-state index contributed by atoms with van der Waals surface area (Å²) >= 11 is 6.46. The van der Waals surface area contributed by atoms with Crippen LogP contribution in [0.4, 0.5) is 5.82 Å². The number of hydrogen-bond donors (Lipinski definition) is 1. The average molecular weight is 374 g/mol. The number of aromatic nitrogens is 5. The van der Waals surface area contributed by atoms with Crippen molar-refractivity contribution >= 4 is 28.3 Å². The van der Waals surface area contributed by atoms with E-state index >= 15 is 0 Å². The molecule has 0 aliphatic rings. The minimum atomic E-state index is 0.0339. The van der Waals surface area contributed by atoms with Crippen molar-refractivity contribution in [3.05, 3.63) is 59.0 Å². The number of anilines is 1. The van der Waals surface area contributed by atoms with Gasteiger partial charge in [-0.3, -0.25) is 4.98 Å². The molecule has 0 atom stereocenters. The molecule has 0 unspecified atom stereocenters. The van der Waals surface area contributed by atoms with Gasteiger partial charge in [-0.1, -0.05) is 11.6 Å². The van der Waals surface area contributed by atoms with Crippen LogP contribution in [-0.4, -0.2) is 25.1 Å². The van der Waals surface area contributed by atoms with Gasteiger partial charge in [-0.2, -0.15) is 10.4 Å². The van der Waals surface area contributed by atoms with Gasteiger partial charge in [0.25, 0.3) is 0 Å². The van der Waals surface area contributed by atoms with E-state index in [2.05, 4.69) is 25.1 Å². The van der Waals surface area contributed by atoms with Crippen LogP contribution in [0.15, 0.2) is 42.7 Å². The summed E-state index contributed by atoms with van der Waals surface area (Å²) in [6.45, 7) is 1.98. The predicted molar refractivity (Wildman–Crippen MR) is 103 cm³/mol. The first-order valence-corrected chi connectivity index (χ1v) is 8.37. The smallest absolute Gasteiger partial charge is 0.183 e. The van der Waals surface area contributed by atoms with Crippen molar-refractivity contribution in [3.63, 3.8) is 0 Å². The zero-order valence-corrected chi connectivity index (χ0v) is 14.9. The Balaban J connectivity index is 2.05. The number of fused-ring (bicyclic) bond motifs is 1. The molecule has 0 amide bonds. The molecule has 0 fully saturated rings. The van der Waals surface area contributed by atoms with Crippen LogP contribution in [-0.2, 0) is 0 Å². The zero-order chi connectivity index (χ0) is 19.0. The quantitative estimate of drug-likeness (QED) is 0.571. The zero-order valence-electron chi connectivity index (χ0n) is 14.2. The maximum atomic E-state index is 9.33. The third-order valence-corrected chi connectivity index (χ3v) is 4.42. The summed E-state index contributed by atoms with van der Waals surface area (Å²) in [6.07, 6.45) is 3.27. The molecule has 1 aromatic carbocycles. The Morgan fingerprint density at radius 2 is 1.96 bits per heavy atom. The number of nitrogens with two attached hydrogens (primary N) is 1. The highest BCUT2D eigenvalue weighted by Crippen LogP contribution is 2.34. The van der Waals surface area contributed by atoms with Crippen molar-refractivity contribution in [2.75, 3.05) is 5.73 Å². The van der Waals surface area contributed by atoms with Crippen molar-refractivity contribution in [2.45, 2.75) is 6.92 Å². The van der Waals surface area contributed by atoms with Crippen molar-refractivity contribution in [1.82, 2.24) is 25.1 Å². The normalized spacial score (nSPS) is 10.7. The number of nitrogens with zero attached hydrogens (tertiary/aromatic N) is 6. The maximum Gasteiger partial charge on any atom is 0.183 e. The fourth-order valence-corrected chi connectivity index (χ4v) is 3.09. The lowest BCUT2D eigenvalue weighted by Crippen LogP contribution is -2.04. The lowest BCUT2D eigenvalue weighted by atomic mass is 10.0. The van der Waals surface area contributed by atoms with Crippen LogP contribution in [0.3, 0.4) is 0 Å². The number of nitrogen functional groups attached to an aromatic ring is 1. The van der Waals surface area contributed by atoms with Gasteiger partial charge in [0, 0.05) is 23.3 Å². The number of pyridine rings is 1. The number of nitriles is 1. The molecule has 7 nitrogen and oxygen atoms in total. The summed E-state index contributed by atoms with van der Waals surface area (Å²) in [7, 11) is 0. The number of halogens is 1. The fourth-order valence-electron chi connectivity index (χ4n) is 2.82. The molecule has 0 saturated heterocycles. The molecule has 3 aromatic heterocycles. The van der Waals surface area contributed by atoms with E-state index in [4.69, 9.17) is 17.3 Å². The monoisotopic (exact) mass is 373 g/mol. The summed E-state index contributed by atoms with van der Waals surface area (Å²) < 4.78 is 0. The second-order valence-corrected chi connectivity index (χ2v) is 6.26. The van der Waals surface area contributed by atoms with Crippen LogP contribution in [0, 0.1) is 18.3 Å². The number of rotatable bonds is 2. The summed E-state index contributed by atoms with van der Waals surface area (Å²) in [5, 5.41) is 18.7. The van der Waals surface area contributed by atoms with Gasteiger partial charge in [-0.25, -0.2) is 9.97 Å². The molecule has 0 spiro atoms. The van der Waals surface area contributed by atoms with Gasteiger partial charge in [-0.15, -0.1) is 5.10 Å². The van der Waals surface area contributed by atoms with Gasteiger partial charge in [-0.05, 0) is 42.8 Å². The van der Waals surface area contributed by atoms with Gasteiger partial charge in [0.1, 0.15) is 23.2 Å². The lowest BCUT2D eigenvalue weighted by molar-refractivity contribution is 1.02. The Hall–Kier alpha value is -3.63. The molecule has 4 aromatic rings. The molecular formula is C19H12ClN7. The Morgan fingerprint density at radius 3 is 2.70 bits per heavy atom. The van der Waals surface area contributed by atoms with E-state index in [-0.39, 0.29) is 11.5 Å². The van der Waals surface area contributed by atoms with Crippen LogP contribution in [0.25, 0.3) is 33.5 Å². The molecule has 8 heteroatoms. The minimum Gasteiger partial charge on any atom is -0.381 e. The van der Waals surface area contributed by atoms with E-state index in [1.165, 1.54) is 0 Å². The predicted octanol–water partition coefficient (Wildman–Crippen LogP) is 3.56. The minimum absolute atomic E-state index is 0.0339. The largest absolute Gasteiger partial charge is 0.381 e. The highest BCUT2D eigenvalue weighted by molar-refractivity contribution is 6.35. The molecule has 0 saturated carbocycles. The third-order valence-electron chi connectivity index (χ3n) is 4.13. The number of benzene rings is 1. The number of aryl methyl sites for hydroxylation is 1. The van der Waals surface area contributed by atoms with Gasteiger partial charge in [0.2, 0.25) is 0 Å². The molecule has 130 valence electrons. The summed E-state index contributed by atoms with van der Waals surface area (Å²) in [5.41, 5.74) is 9.70. The third kappa shape index (κ3) is 2.92. The maximum absolute atomic E-state index is 9.33. The first-order chi connectivity index (χ1) is 13.1. The highest BCUT2D eigenvalue weighted by Gasteiger charge is 2.18. The molecule has 27 heavy (non-hydrogen) atoms. The molecule has 4 rings (SSSR count). The second-order valence-electron chi connectivity index (χ2n) is 5.86. The van der Waals surface area contributed by atoms with Crippen LogP contribution < -0.4 is 5.73 Å². The van der Waals surface area contributed by atoms with Crippen LogP contribution >= 0.6 is 11.6 Å².